The van der Waals surface area contributed by atoms with Gasteiger partial charge in [-0.3, -0.25) is 4.79 Å². The van der Waals surface area contributed by atoms with Crippen molar-refractivity contribution in [3.05, 3.63) is 71.0 Å². The Morgan fingerprint density at radius 1 is 1.19 bits per heavy atom. The van der Waals surface area contributed by atoms with Crippen molar-refractivity contribution in [3.8, 4) is 0 Å². The highest BCUT2D eigenvalue weighted by molar-refractivity contribution is 5.83. The highest BCUT2D eigenvalue weighted by Crippen LogP contribution is 2.48. The molecule has 1 aliphatic carbocycles. The largest absolute Gasteiger partial charge is 0.344 e. The van der Waals surface area contributed by atoms with E-state index in [1.54, 1.807) is 0 Å². The summed E-state index contributed by atoms with van der Waals surface area (Å²) in [6.45, 7) is 2.26. The second kappa shape index (κ2) is 7.04. The number of carbonyl (C=O) groups is 1. The predicted octanol–water partition coefficient (Wildman–Crippen LogP) is 3.78. The first-order valence-electron chi connectivity index (χ1n) is 9.49. The summed E-state index contributed by atoms with van der Waals surface area (Å²) >= 11 is 0. The number of amides is 1. The third kappa shape index (κ3) is 3.74. The third-order valence-electron chi connectivity index (χ3n) is 5.79. The summed E-state index contributed by atoms with van der Waals surface area (Å²) in [5.74, 6) is -0.492. The maximum atomic E-state index is 14.8. The van der Waals surface area contributed by atoms with E-state index in [9.17, 15) is 13.6 Å². The number of hydrogen-bond acceptors (Lipinski definition) is 2. The number of nitrogens with one attached hydrogen (secondary N) is 2. The Morgan fingerprint density at radius 3 is 2.52 bits per heavy atom. The van der Waals surface area contributed by atoms with Gasteiger partial charge in [-0.1, -0.05) is 49.4 Å². The van der Waals surface area contributed by atoms with Gasteiger partial charge in [0.25, 0.3) is 0 Å². The Bertz CT molecular complexity index is 835. The van der Waals surface area contributed by atoms with Crippen molar-refractivity contribution in [1.29, 1.82) is 0 Å². The van der Waals surface area contributed by atoms with Gasteiger partial charge in [-0.05, 0) is 41.0 Å². The van der Waals surface area contributed by atoms with E-state index in [1.165, 1.54) is 6.07 Å². The van der Waals surface area contributed by atoms with Crippen LogP contribution in [0.3, 0.4) is 0 Å². The van der Waals surface area contributed by atoms with Crippen LogP contribution in [0.1, 0.15) is 48.9 Å². The van der Waals surface area contributed by atoms with Crippen LogP contribution in [0.4, 0.5) is 8.78 Å². The Labute approximate surface area is 158 Å². The van der Waals surface area contributed by atoms with E-state index in [2.05, 4.69) is 17.6 Å². The van der Waals surface area contributed by atoms with Crippen molar-refractivity contribution >= 4 is 5.91 Å². The average molecular weight is 370 g/mol. The topological polar surface area (TPSA) is 41.1 Å². The van der Waals surface area contributed by atoms with Crippen LogP contribution in [0.2, 0.25) is 0 Å². The Kier molecular flexibility index (Phi) is 4.72. The zero-order valence-electron chi connectivity index (χ0n) is 15.3. The first kappa shape index (κ1) is 18.1. The number of alkyl halides is 1. The van der Waals surface area contributed by atoms with Crippen molar-refractivity contribution in [1.82, 2.24) is 10.6 Å². The van der Waals surface area contributed by atoms with Crippen LogP contribution in [0.5, 0.6) is 0 Å². The van der Waals surface area contributed by atoms with Crippen molar-refractivity contribution in [2.75, 3.05) is 6.54 Å². The molecule has 0 bridgehead atoms. The monoisotopic (exact) mass is 370 g/mol. The highest BCUT2D eigenvalue weighted by Gasteiger charge is 2.41. The molecular formula is C22H24F2N2O. The van der Waals surface area contributed by atoms with Crippen LogP contribution in [-0.2, 0) is 10.2 Å². The molecule has 142 valence electrons. The zero-order valence-corrected chi connectivity index (χ0v) is 15.3. The van der Waals surface area contributed by atoms with Gasteiger partial charge in [0.2, 0.25) is 5.91 Å². The number of rotatable bonds is 5. The SMILES string of the molecule is CC1(c2ccc([C@@H](NC(=O)C3CC(F)CN3)c3ccccc3)cc2F)CC1. The summed E-state index contributed by atoms with van der Waals surface area (Å²) in [7, 11) is 0. The molecule has 3 atom stereocenters. The van der Waals surface area contributed by atoms with E-state index in [0.29, 0.717) is 5.56 Å². The summed E-state index contributed by atoms with van der Waals surface area (Å²) < 4.78 is 28.2. The van der Waals surface area contributed by atoms with Crippen LogP contribution < -0.4 is 10.6 Å². The summed E-state index contributed by atoms with van der Waals surface area (Å²) in [6, 6.07) is 13.7. The van der Waals surface area contributed by atoms with Crippen molar-refractivity contribution < 1.29 is 13.6 Å². The number of halogens is 2. The summed E-state index contributed by atoms with van der Waals surface area (Å²) in [4.78, 5) is 12.6. The molecule has 2 N–H and O–H groups in total. The van der Waals surface area contributed by atoms with E-state index >= 15 is 0 Å². The molecule has 0 radical (unpaired) electrons. The summed E-state index contributed by atoms with van der Waals surface area (Å²) in [5.41, 5.74) is 2.24. The lowest BCUT2D eigenvalue weighted by atomic mass is 9.92. The third-order valence-corrected chi connectivity index (χ3v) is 5.79. The normalized spacial score (nSPS) is 24.4. The zero-order chi connectivity index (χ0) is 19.0. The van der Waals surface area contributed by atoms with Gasteiger partial charge in [0, 0.05) is 13.0 Å². The van der Waals surface area contributed by atoms with E-state index < -0.39 is 18.3 Å². The van der Waals surface area contributed by atoms with Crippen LogP contribution >= 0.6 is 0 Å². The molecule has 1 amide bonds. The van der Waals surface area contributed by atoms with Gasteiger partial charge in [0.1, 0.15) is 12.0 Å². The molecular weight excluding hydrogens is 346 g/mol. The van der Waals surface area contributed by atoms with Crippen molar-refractivity contribution in [3.63, 3.8) is 0 Å². The molecule has 2 unspecified atom stereocenters. The van der Waals surface area contributed by atoms with E-state index in [4.69, 9.17) is 0 Å². The molecule has 1 saturated carbocycles. The van der Waals surface area contributed by atoms with Crippen LogP contribution in [0.25, 0.3) is 0 Å². The predicted molar refractivity (Wildman–Crippen MR) is 101 cm³/mol. The molecule has 27 heavy (non-hydrogen) atoms. The molecule has 0 aromatic heterocycles. The van der Waals surface area contributed by atoms with Gasteiger partial charge < -0.3 is 10.6 Å². The first-order chi connectivity index (χ1) is 13.0. The molecule has 1 saturated heterocycles. The fourth-order valence-electron chi connectivity index (χ4n) is 3.80. The van der Waals surface area contributed by atoms with Gasteiger partial charge in [-0.2, -0.15) is 0 Å². The maximum absolute atomic E-state index is 14.8. The molecule has 4 rings (SSSR count). The van der Waals surface area contributed by atoms with Gasteiger partial charge in [-0.15, -0.1) is 0 Å². The Balaban J connectivity index is 1.62. The average Bonchev–Trinajstić information content (AvgIpc) is 3.26. The number of carbonyl (C=O) groups excluding carboxylic acids is 1. The molecule has 3 nitrogen and oxygen atoms in total. The van der Waals surface area contributed by atoms with Gasteiger partial charge in [0.15, 0.2) is 0 Å². The molecule has 2 aromatic rings. The van der Waals surface area contributed by atoms with Gasteiger partial charge >= 0.3 is 0 Å². The van der Waals surface area contributed by atoms with E-state index in [0.717, 1.165) is 24.0 Å². The van der Waals surface area contributed by atoms with E-state index in [-0.39, 0.29) is 30.1 Å². The minimum absolute atomic E-state index is 0.0575. The lowest BCUT2D eigenvalue weighted by molar-refractivity contribution is -0.123. The second-order valence-corrected chi connectivity index (χ2v) is 7.95. The van der Waals surface area contributed by atoms with Crippen molar-refractivity contribution in [2.24, 2.45) is 0 Å². The molecule has 2 fully saturated rings. The van der Waals surface area contributed by atoms with E-state index in [1.807, 2.05) is 42.5 Å². The maximum Gasteiger partial charge on any atom is 0.237 e. The minimum atomic E-state index is -1.01. The molecule has 0 spiro atoms. The van der Waals surface area contributed by atoms with Gasteiger partial charge in [0.05, 0.1) is 12.1 Å². The smallest absolute Gasteiger partial charge is 0.237 e. The fourth-order valence-corrected chi connectivity index (χ4v) is 3.80. The molecule has 1 aliphatic heterocycles. The second-order valence-electron chi connectivity index (χ2n) is 7.95. The molecule has 2 aliphatic rings. The Hall–Kier alpha value is -2.27. The summed E-state index contributed by atoms with van der Waals surface area (Å²) in [5, 5.41) is 5.88. The fraction of sp³-hybridized carbons (Fsp3) is 0.409. The van der Waals surface area contributed by atoms with Crippen LogP contribution in [0, 0.1) is 5.82 Å². The Morgan fingerprint density at radius 2 is 1.93 bits per heavy atom. The molecule has 1 heterocycles. The first-order valence-corrected chi connectivity index (χ1v) is 9.49. The number of benzene rings is 2. The van der Waals surface area contributed by atoms with Crippen molar-refractivity contribution in [2.45, 2.75) is 49.9 Å². The molecule has 5 heteroatoms. The number of hydrogen-bond donors (Lipinski definition) is 2. The van der Waals surface area contributed by atoms with Crippen LogP contribution in [0.15, 0.2) is 48.5 Å². The van der Waals surface area contributed by atoms with Gasteiger partial charge in [-0.25, -0.2) is 8.78 Å². The lowest BCUT2D eigenvalue weighted by Crippen LogP contribution is -2.42. The summed E-state index contributed by atoms with van der Waals surface area (Å²) in [6.07, 6.45) is 1.16. The highest BCUT2D eigenvalue weighted by atomic mass is 19.1. The minimum Gasteiger partial charge on any atom is -0.344 e. The quantitative estimate of drug-likeness (QED) is 0.841. The van der Waals surface area contributed by atoms with Crippen LogP contribution in [-0.4, -0.2) is 24.7 Å². The molecule has 2 aromatic carbocycles. The standard InChI is InChI=1S/C22H24F2N2O/c1-22(9-10-22)17-8-7-15(11-18(17)24)20(14-5-3-2-4-6-14)26-21(27)19-12-16(23)13-25-19/h2-8,11,16,19-20,25H,9-10,12-13H2,1H3,(H,26,27)/t16?,19?,20-/m0/s1. The lowest BCUT2D eigenvalue weighted by Gasteiger charge is -2.23.